The maximum Gasteiger partial charge on any atom is 0.293 e. The Hall–Kier alpha value is -3.78. The molecule has 11 heteroatoms. The molecule has 2 aliphatic rings. The first-order valence-electron chi connectivity index (χ1n) is 12.2. The molecule has 1 aliphatic heterocycles. The molecule has 1 atom stereocenters. The van der Waals surface area contributed by atoms with Gasteiger partial charge in [0.25, 0.3) is 5.91 Å². The second-order valence-electron chi connectivity index (χ2n) is 9.69. The van der Waals surface area contributed by atoms with E-state index >= 15 is 0 Å². The number of nitrogen functional groups attached to an aromatic ring is 1. The van der Waals surface area contributed by atoms with Crippen molar-refractivity contribution in [3.8, 4) is 11.8 Å². The molecule has 1 aliphatic carbocycles. The lowest BCUT2D eigenvalue weighted by atomic mass is 9.73. The number of nitrogens with zero attached hydrogens (tertiary/aromatic N) is 5. The van der Waals surface area contributed by atoms with Crippen LogP contribution in [0.15, 0.2) is 58.8 Å². The number of nitrogens with two attached hydrogens (primary N) is 3. The van der Waals surface area contributed by atoms with Crippen molar-refractivity contribution in [2.45, 2.75) is 35.1 Å². The van der Waals surface area contributed by atoms with Crippen LogP contribution in [0.2, 0.25) is 5.02 Å². The Morgan fingerprint density at radius 3 is 2.74 bits per heavy atom. The van der Waals surface area contributed by atoms with Gasteiger partial charge in [0.1, 0.15) is 5.82 Å². The number of imidazole rings is 1. The zero-order chi connectivity index (χ0) is 26.4. The Kier molecular flexibility index (Phi) is 6.14. The maximum absolute atomic E-state index is 11.0. The van der Waals surface area contributed by atoms with Crippen LogP contribution in [0, 0.1) is 17.3 Å². The quantitative estimate of drug-likeness (QED) is 0.334. The van der Waals surface area contributed by atoms with Gasteiger partial charge in [0.2, 0.25) is 5.95 Å². The van der Waals surface area contributed by atoms with Crippen LogP contribution in [0.5, 0.6) is 0 Å². The Morgan fingerprint density at radius 2 is 1.95 bits per heavy atom. The summed E-state index contributed by atoms with van der Waals surface area (Å²) in [6.07, 6.45) is 9.99. The van der Waals surface area contributed by atoms with Crippen molar-refractivity contribution < 1.29 is 4.79 Å². The molecule has 192 valence electrons. The number of aromatic nitrogens is 4. The molecular formula is C27H25ClN8OS. The summed E-state index contributed by atoms with van der Waals surface area (Å²) in [5.74, 6) is 5.75. The van der Waals surface area contributed by atoms with Gasteiger partial charge in [-0.25, -0.2) is 15.0 Å². The molecule has 9 nitrogen and oxygen atoms in total. The van der Waals surface area contributed by atoms with E-state index in [9.17, 15) is 4.79 Å². The third-order valence-electron chi connectivity index (χ3n) is 7.53. The summed E-state index contributed by atoms with van der Waals surface area (Å²) in [6, 6.07) is 7.76. The van der Waals surface area contributed by atoms with Crippen LogP contribution in [0.1, 0.15) is 35.6 Å². The molecule has 3 aromatic heterocycles. The smallest absolute Gasteiger partial charge is 0.293 e. The van der Waals surface area contributed by atoms with Gasteiger partial charge in [0.15, 0.2) is 5.65 Å². The fourth-order valence-electron chi connectivity index (χ4n) is 5.54. The Morgan fingerprint density at radius 1 is 1.13 bits per heavy atom. The topological polar surface area (TPSA) is 141 Å². The van der Waals surface area contributed by atoms with Gasteiger partial charge in [-0.05, 0) is 59.9 Å². The predicted octanol–water partition coefficient (Wildman–Crippen LogP) is 3.19. The van der Waals surface area contributed by atoms with Gasteiger partial charge < -0.3 is 22.1 Å². The highest BCUT2D eigenvalue weighted by atomic mass is 35.5. The number of amides is 1. The Bertz CT molecular complexity index is 1630. The number of rotatable bonds is 3. The summed E-state index contributed by atoms with van der Waals surface area (Å²) >= 11 is 7.83. The first kappa shape index (κ1) is 24.6. The molecule has 6 rings (SSSR count). The number of hydrogen-bond donors (Lipinski definition) is 3. The summed E-state index contributed by atoms with van der Waals surface area (Å²) in [4.78, 5) is 28.5. The lowest BCUT2D eigenvalue weighted by Gasteiger charge is -2.42. The number of fused-ring (bicyclic) bond motifs is 2. The minimum absolute atomic E-state index is 0.0174. The molecule has 1 spiro atoms. The standard InChI is InChI=1S/C27H25ClN8OS/c28-22-19(5-8-32-24(22)31)38-20-15-34-26(36-12-9-33-25(20)36)35-10-6-27(7-11-35)14-17-3-1-16(2-4-21(29)37)13-18(17)23(27)30/h1,3,5,8-9,12-13,15,23H,6-7,10-11,14,30H2,(H2,29,37)(H2,31,32)/t23-/m1/s1. The second-order valence-corrected chi connectivity index (χ2v) is 11.1. The third-order valence-corrected chi connectivity index (χ3v) is 9.11. The molecule has 4 heterocycles. The summed E-state index contributed by atoms with van der Waals surface area (Å²) in [5.41, 5.74) is 21.8. The van der Waals surface area contributed by atoms with Crippen LogP contribution in [0.25, 0.3) is 5.65 Å². The number of pyridine rings is 1. The van der Waals surface area contributed by atoms with Crippen LogP contribution >= 0.6 is 23.4 Å². The van der Waals surface area contributed by atoms with Crippen molar-refractivity contribution in [2.24, 2.45) is 16.9 Å². The van der Waals surface area contributed by atoms with Gasteiger partial charge >= 0.3 is 0 Å². The predicted molar refractivity (Wildman–Crippen MR) is 148 cm³/mol. The van der Waals surface area contributed by atoms with E-state index in [1.54, 1.807) is 12.4 Å². The van der Waals surface area contributed by atoms with Crippen LogP contribution in [0.4, 0.5) is 11.8 Å². The molecule has 1 amide bonds. The van der Waals surface area contributed by atoms with E-state index in [-0.39, 0.29) is 11.5 Å². The van der Waals surface area contributed by atoms with Gasteiger partial charge in [0.05, 0.1) is 9.92 Å². The average molecular weight is 545 g/mol. The van der Waals surface area contributed by atoms with Gasteiger partial charge in [-0.1, -0.05) is 35.3 Å². The number of anilines is 2. The zero-order valence-electron chi connectivity index (χ0n) is 20.4. The summed E-state index contributed by atoms with van der Waals surface area (Å²) in [7, 11) is 0. The zero-order valence-corrected chi connectivity index (χ0v) is 22.0. The van der Waals surface area contributed by atoms with Gasteiger partial charge in [-0.15, -0.1) is 0 Å². The minimum atomic E-state index is -0.642. The first-order chi connectivity index (χ1) is 18.3. The van der Waals surface area contributed by atoms with E-state index in [4.69, 9.17) is 33.8 Å². The monoisotopic (exact) mass is 544 g/mol. The molecule has 0 unspecified atom stereocenters. The molecule has 0 saturated carbocycles. The molecule has 1 fully saturated rings. The third kappa shape index (κ3) is 4.22. The SMILES string of the molecule is NC(=O)C#Cc1ccc2c(c1)[C@@H](N)C1(CCN(c3ncc(Sc4ccnc(N)c4Cl)c4nccn34)CC1)C2. The largest absolute Gasteiger partial charge is 0.382 e. The molecule has 38 heavy (non-hydrogen) atoms. The van der Waals surface area contributed by atoms with Crippen molar-refractivity contribution in [1.82, 2.24) is 19.4 Å². The lowest BCUT2D eigenvalue weighted by molar-refractivity contribution is -0.112. The van der Waals surface area contributed by atoms with Crippen LogP contribution in [-0.4, -0.2) is 38.3 Å². The fraction of sp³-hybridized carbons (Fsp3) is 0.259. The molecule has 0 bridgehead atoms. The Labute approximate surface area is 228 Å². The second kappa shape index (κ2) is 9.51. The van der Waals surface area contributed by atoms with Crippen molar-refractivity contribution in [3.63, 3.8) is 0 Å². The minimum Gasteiger partial charge on any atom is -0.382 e. The van der Waals surface area contributed by atoms with Crippen LogP contribution in [0.3, 0.4) is 0 Å². The van der Waals surface area contributed by atoms with Gasteiger partial charge in [-0.2, -0.15) is 0 Å². The number of hydrogen-bond acceptors (Lipinski definition) is 8. The lowest BCUT2D eigenvalue weighted by Crippen LogP contribution is -2.45. The highest BCUT2D eigenvalue weighted by Crippen LogP contribution is 2.51. The molecule has 1 aromatic carbocycles. The summed E-state index contributed by atoms with van der Waals surface area (Å²) in [5, 5.41) is 0.425. The average Bonchev–Trinajstić information content (AvgIpc) is 3.50. The van der Waals surface area contributed by atoms with Crippen molar-refractivity contribution in [3.05, 3.63) is 70.8 Å². The number of primary amides is 1. The molecule has 1 saturated heterocycles. The van der Waals surface area contributed by atoms with Crippen LogP contribution < -0.4 is 22.1 Å². The maximum atomic E-state index is 11.0. The molecule has 6 N–H and O–H groups in total. The molecule has 0 radical (unpaired) electrons. The number of carbonyl (C=O) groups is 1. The first-order valence-corrected chi connectivity index (χ1v) is 13.4. The van der Waals surface area contributed by atoms with Crippen LogP contribution in [-0.2, 0) is 11.2 Å². The molecule has 4 aromatic rings. The number of benzene rings is 1. The molecular weight excluding hydrogens is 520 g/mol. The van der Waals surface area contributed by atoms with E-state index < -0.39 is 5.91 Å². The van der Waals surface area contributed by atoms with Crippen molar-refractivity contribution >= 4 is 46.7 Å². The number of halogens is 1. The van der Waals surface area contributed by atoms with Crippen molar-refractivity contribution in [2.75, 3.05) is 23.7 Å². The van der Waals surface area contributed by atoms with E-state index in [0.717, 1.165) is 64.9 Å². The van der Waals surface area contributed by atoms with Crippen molar-refractivity contribution in [1.29, 1.82) is 0 Å². The highest BCUT2D eigenvalue weighted by Gasteiger charge is 2.46. The van der Waals surface area contributed by atoms with E-state index in [2.05, 4.69) is 32.8 Å². The summed E-state index contributed by atoms with van der Waals surface area (Å²) < 4.78 is 2.02. The van der Waals surface area contributed by atoms with E-state index in [0.29, 0.717) is 10.8 Å². The Balaban J connectivity index is 1.22. The number of carbonyl (C=O) groups excluding carboxylic acids is 1. The van der Waals surface area contributed by atoms with E-state index in [1.165, 1.54) is 17.3 Å². The normalized spacial score (nSPS) is 17.8. The fourth-order valence-corrected chi connectivity index (χ4v) is 6.68. The highest BCUT2D eigenvalue weighted by molar-refractivity contribution is 7.99. The van der Waals surface area contributed by atoms with E-state index in [1.807, 2.05) is 35.0 Å². The van der Waals surface area contributed by atoms with Gasteiger partial charge in [0, 0.05) is 54.4 Å². The number of piperidine rings is 1. The van der Waals surface area contributed by atoms with Gasteiger partial charge in [-0.3, -0.25) is 9.20 Å². The summed E-state index contributed by atoms with van der Waals surface area (Å²) in [6.45, 7) is 1.66.